The third-order valence-electron chi connectivity index (χ3n) is 14.7. The Morgan fingerprint density at radius 2 is 0.756 bits per heavy atom. The lowest BCUT2D eigenvalue weighted by Gasteiger charge is -2.29. The quantitative estimate of drug-likeness (QED) is 0.154. The number of hydrogen-bond donors (Lipinski definition) is 2. The van der Waals surface area contributed by atoms with Crippen molar-refractivity contribution in [1.29, 1.82) is 0 Å². The highest BCUT2D eigenvalue weighted by Crippen LogP contribution is 2.44. The molecule has 0 aromatic heterocycles. The van der Waals surface area contributed by atoms with Crippen molar-refractivity contribution in [3.8, 4) is 28.7 Å². The highest BCUT2D eigenvalue weighted by Gasteiger charge is 2.29. The summed E-state index contributed by atoms with van der Waals surface area (Å²) in [7, 11) is 0. The van der Waals surface area contributed by atoms with Gasteiger partial charge in [0.15, 0.2) is 0 Å². The molecule has 11 heteroatoms. The number of carboxylic acid groups (broad SMARTS) is 1. The van der Waals surface area contributed by atoms with Crippen LogP contribution in [0.4, 0.5) is 0 Å². The van der Waals surface area contributed by atoms with Crippen molar-refractivity contribution in [2.75, 3.05) is 79.3 Å². The molecule has 2 aliphatic rings. The van der Waals surface area contributed by atoms with E-state index in [1.807, 2.05) is 24.3 Å². The molecule has 0 amide bonds. The van der Waals surface area contributed by atoms with Gasteiger partial charge in [-0.25, -0.2) is 4.79 Å². The minimum atomic E-state index is -1.07. The molecule has 0 saturated carbocycles. The molecule has 418 valence electrons. The highest BCUT2D eigenvalue weighted by molar-refractivity contribution is 5.97. The third-order valence-corrected chi connectivity index (χ3v) is 14.7. The number of rotatable bonds is 6. The van der Waals surface area contributed by atoms with Crippen molar-refractivity contribution in [3.05, 3.63) is 157 Å². The van der Waals surface area contributed by atoms with Crippen LogP contribution in [0.25, 0.3) is 10.8 Å². The van der Waals surface area contributed by atoms with Crippen LogP contribution in [-0.2, 0) is 66.3 Å². The van der Waals surface area contributed by atoms with Gasteiger partial charge >= 0.3 is 5.97 Å². The van der Waals surface area contributed by atoms with E-state index in [9.17, 15) is 15.0 Å². The molecule has 0 spiro atoms. The smallest absolute Gasteiger partial charge is 0.339 e. The summed E-state index contributed by atoms with van der Waals surface area (Å²) in [6, 6.07) is 29.1. The van der Waals surface area contributed by atoms with Gasteiger partial charge < -0.3 is 48.1 Å². The van der Waals surface area contributed by atoms with Crippen molar-refractivity contribution >= 4 is 16.7 Å². The van der Waals surface area contributed by atoms with E-state index >= 15 is 0 Å². The van der Waals surface area contributed by atoms with E-state index in [0.29, 0.717) is 97.5 Å². The van der Waals surface area contributed by atoms with Crippen LogP contribution in [0.5, 0.6) is 28.7 Å². The number of phenols is 1. The second-order valence-corrected chi connectivity index (χ2v) is 25.1. The molecular weight excluding hydrogens is 981 g/mol. The molecule has 0 fully saturated rings. The molecule has 0 radical (unpaired) electrons. The molecule has 8 rings (SSSR count). The number of aromatic carboxylic acids is 1. The van der Waals surface area contributed by atoms with Crippen LogP contribution in [0, 0.1) is 0 Å². The van der Waals surface area contributed by atoms with Crippen LogP contribution in [0.15, 0.2) is 84.9 Å². The molecule has 1 aliphatic carbocycles. The first-order valence-corrected chi connectivity index (χ1v) is 27.9. The van der Waals surface area contributed by atoms with Crippen LogP contribution in [0.3, 0.4) is 0 Å². The first-order valence-electron chi connectivity index (χ1n) is 27.9. The minimum Gasteiger partial charge on any atom is -0.507 e. The molecule has 10 bridgehead atoms. The maximum absolute atomic E-state index is 12.8. The van der Waals surface area contributed by atoms with E-state index < -0.39 is 5.97 Å². The molecular formula is C67H84O11. The summed E-state index contributed by atoms with van der Waals surface area (Å²) >= 11 is 0. The van der Waals surface area contributed by atoms with Crippen molar-refractivity contribution in [2.45, 2.75) is 130 Å². The fraction of sp³-hybridized carbons (Fsp3) is 0.478. The van der Waals surface area contributed by atoms with Crippen molar-refractivity contribution in [2.24, 2.45) is 0 Å². The van der Waals surface area contributed by atoms with Gasteiger partial charge in [0.05, 0.1) is 52.9 Å². The maximum atomic E-state index is 12.8. The number of aromatic hydroxyl groups is 1. The van der Waals surface area contributed by atoms with Crippen LogP contribution < -0.4 is 18.9 Å². The number of phenolic OH excluding ortho intramolecular Hbond substituents is 1. The first kappa shape index (κ1) is 58.0. The molecule has 1 aliphatic heterocycles. The Hall–Kier alpha value is -6.11. The van der Waals surface area contributed by atoms with E-state index in [0.717, 1.165) is 89.0 Å². The van der Waals surface area contributed by atoms with E-state index in [2.05, 4.69) is 132 Å². The summed E-state index contributed by atoms with van der Waals surface area (Å²) < 4.78 is 51.2. The molecule has 6 aromatic carbocycles. The predicted molar refractivity (Wildman–Crippen MR) is 310 cm³/mol. The summed E-state index contributed by atoms with van der Waals surface area (Å²) in [6.45, 7) is 30.9. The largest absolute Gasteiger partial charge is 0.507 e. The van der Waals surface area contributed by atoms with Gasteiger partial charge in [-0.15, -0.1) is 0 Å². The van der Waals surface area contributed by atoms with Crippen molar-refractivity contribution in [1.82, 2.24) is 0 Å². The fourth-order valence-corrected chi connectivity index (χ4v) is 10.2. The Labute approximate surface area is 463 Å². The van der Waals surface area contributed by atoms with Crippen LogP contribution >= 0.6 is 0 Å². The molecule has 6 aromatic rings. The molecule has 0 unspecified atom stereocenters. The zero-order valence-corrected chi connectivity index (χ0v) is 48.5. The number of ether oxygens (including phenoxy) is 8. The average Bonchev–Trinajstić information content (AvgIpc) is 3.41. The summed E-state index contributed by atoms with van der Waals surface area (Å²) in [6.07, 6.45) is 1.69. The van der Waals surface area contributed by atoms with Gasteiger partial charge in [-0.1, -0.05) is 156 Å². The van der Waals surface area contributed by atoms with Gasteiger partial charge in [-0.05, 0) is 111 Å². The van der Waals surface area contributed by atoms with Crippen LogP contribution in [0.2, 0.25) is 0 Å². The standard InChI is InChI=1S/C67H84O11/c1-64(2,3)53-33-45-29-47-35-54(65(4,5)6)37-49-31-51-39-56(67(10,11)12)40-52(62(51)77-26-24-74-22-20-72-18-17-71-19-21-73-23-25-76-60(47)49)32-50-38-55(66(7,8)9)36-48(30-46(34-53)59(45)68)61(50)78-28-27-75-58-42-44-16-14-13-15-43(44)41-57(58)63(69)70/h13-16,33-42,68H,17-32H2,1-12H3,(H,69,70). The number of fused-ring (bicyclic) bond motifs is 5. The molecule has 78 heavy (non-hydrogen) atoms. The highest BCUT2D eigenvalue weighted by atomic mass is 16.6. The van der Waals surface area contributed by atoms with Gasteiger partial charge in [-0.3, -0.25) is 0 Å². The third kappa shape index (κ3) is 14.6. The lowest BCUT2D eigenvalue weighted by atomic mass is 9.79. The summed E-state index contributed by atoms with van der Waals surface area (Å²) in [5.74, 6) is 1.67. The van der Waals surface area contributed by atoms with Gasteiger partial charge in [-0.2, -0.15) is 0 Å². The van der Waals surface area contributed by atoms with E-state index in [1.165, 1.54) is 0 Å². The Morgan fingerprint density at radius 3 is 1.15 bits per heavy atom. The first-order chi connectivity index (χ1) is 36.9. The van der Waals surface area contributed by atoms with Crippen LogP contribution in [0.1, 0.15) is 160 Å². The van der Waals surface area contributed by atoms with Crippen LogP contribution in [-0.4, -0.2) is 95.5 Å². The number of carboxylic acids is 1. The van der Waals surface area contributed by atoms with E-state index in [4.69, 9.17) is 37.9 Å². The second-order valence-electron chi connectivity index (χ2n) is 25.1. The normalized spacial score (nSPS) is 15.7. The Balaban J connectivity index is 1.36. The molecule has 1 heterocycles. The Kier molecular flexibility index (Phi) is 18.2. The topological polar surface area (TPSA) is 131 Å². The molecule has 0 atom stereocenters. The molecule has 2 N–H and O–H groups in total. The number of carbonyl (C=O) groups is 1. The predicted octanol–water partition coefficient (Wildman–Crippen LogP) is 13.4. The summed E-state index contributed by atoms with van der Waals surface area (Å²) in [4.78, 5) is 12.6. The zero-order valence-electron chi connectivity index (χ0n) is 48.5. The average molecular weight is 1070 g/mol. The lowest BCUT2D eigenvalue weighted by Crippen LogP contribution is -2.19. The molecule has 11 nitrogen and oxygen atoms in total. The second kappa shape index (κ2) is 24.5. The zero-order chi connectivity index (χ0) is 56.0. The monoisotopic (exact) mass is 1060 g/mol. The number of benzene rings is 6. The van der Waals surface area contributed by atoms with E-state index in [-0.39, 0.29) is 51.9 Å². The van der Waals surface area contributed by atoms with Gasteiger partial charge in [0.1, 0.15) is 60.7 Å². The number of hydrogen-bond acceptors (Lipinski definition) is 10. The SMILES string of the molecule is CC(C)(C)c1cc2c(O)c(c1)Cc1cc(C(C)(C)C)cc(c1OCCOc1cc3ccccc3cc1C(=O)O)Cc1cc(C(C)(C)C)cc3c1OCCOCCOCCOCCOCCOc1c(cc(C(C)(C)C)cc1C3)C2. The van der Waals surface area contributed by atoms with Crippen molar-refractivity contribution in [3.63, 3.8) is 0 Å². The summed E-state index contributed by atoms with van der Waals surface area (Å²) in [5.41, 5.74) is 11.1. The molecule has 0 saturated heterocycles. The van der Waals surface area contributed by atoms with Gasteiger partial charge in [0.2, 0.25) is 0 Å². The fourth-order valence-electron chi connectivity index (χ4n) is 10.2. The Morgan fingerprint density at radius 1 is 0.436 bits per heavy atom. The maximum Gasteiger partial charge on any atom is 0.339 e. The minimum absolute atomic E-state index is 0.0785. The summed E-state index contributed by atoms with van der Waals surface area (Å²) in [5, 5.41) is 24.8. The van der Waals surface area contributed by atoms with Gasteiger partial charge in [0.25, 0.3) is 0 Å². The van der Waals surface area contributed by atoms with E-state index in [1.54, 1.807) is 12.1 Å². The van der Waals surface area contributed by atoms with Gasteiger partial charge in [0, 0.05) is 25.7 Å². The Bertz CT molecular complexity index is 3070. The van der Waals surface area contributed by atoms with Crippen molar-refractivity contribution < 1.29 is 52.9 Å². The lowest BCUT2D eigenvalue weighted by molar-refractivity contribution is -0.00701.